The van der Waals surface area contributed by atoms with E-state index in [0.29, 0.717) is 23.8 Å². The Morgan fingerprint density at radius 3 is 2.85 bits per heavy atom. The third kappa shape index (κ3) is 7.04. The summed E-state index contributed by atoms with van der Waals surface area (Å²) >= 11 is 5.10. The molecule has 0 saturated carbocycles. The number of carbonyl (C=O) groups is 1. The van der Waals surface area contributed by atoms with E-state index in [9.17, 15) is 9.18 Å². The van der Waals surface area contributed by atoms with Crippen molar-refractivity contribution in [3.8, 4) is 0 Å². The summed E-state index contributed by atoms with van der Waals surface area (Å²) in [7, 11) is 1.39. The predicted molar refractivity (Wildman–Crippen MR) is 81.1 cm³/mol. The van der Waals surface area contributed by atoms with Crippen molar-refractivity contribution in [2.24, 2.45) is 0 Å². The lowest BCUT2D eigenvalue weighted by Gasteiger charge is -2.10. The van der Waals surface area contributed by atoms with Gasteiger partial charge in [-0.1, -0.05) is 12.5 Å². The number of benzene rings is 1. The van der Waals surface area contributed by atoms with Crippen molar-refractivity contribution in [2.75, 3.05) is 19.0 Å². The molecule has 0 amide bonds. The van der Waals surface area contributed by atoms with E-state index in [4.69, 9.17) is 12.2 Å². The minimum atomic E-state index is -0.305. The summed E-state index contributed by atoms with van der Waals surface area (Å²) in [5, 5.41) is 6.40. The van der Waals surface area contributed by atoms with Crippen LogP contribution < -0.4 is 10.6 Å². The van der Waals surface area contributed by atoms with Crippen LogP contribution in [0, 0.1) is 5.82 Å². The zero-order valence-electron chi connectivity index (χ0n) is 11.4. The topological polar surface area (TPSA) is 50.4 Å². The number of hydrogen-bond donors (Lipinski definition) is 2. The monoisotopic (exact) mass is 298 g/mol. The van der Waals surface area contributed by atoms with Crippen LogP contribution in [0.25, 0.3) is 0 Å². The summed E-state index contributed by atoms with van der Waals surface area (Å²) in [6.07, 6.45) is 3.08. The molecular weight excluding hydrogens is 279 g/mol. The number of nitrogens with one attached hydrogen (secondary N) is 2. The van der Waals surface area contributed by atoms with Crippen molar-refractivity contribution in [2.45, 2.75) is 25.7 Å². The molecule has 0 bridgehead atoms. The molecule has 0 aliphatic rings. The molecule has 0 aromatic heterocycles. The molecule has 0 unspecified atom stereocenters. The third-order valence-corrected chi connectivity index (χ3v) is 2.90. The van der Waals surface area contributed by atoms with E-state index in [1.807, 2.05) is 0 Å². The number of anilines is 1. The molecule has 110 valence electrons. The maximum atomic E-state index is 13.0. The number of ether oxygens (including phenoxy) is 1. The van der Waals surface area contributed by atoms with Gasteiger partial charge in [-0.2, -0.15) is 0 Å². The average molecular weight is 298 g/mol. The number of hydrogen-bond acceptors (Lipinski definition) is 3. The summed E-state index contributed by atoms with van der Waals surface area (Å²) in [5.41, 5.74) is 0.619. The van der Waals surface area contributed by atoms with Gasteiger partial charge in [-0.25, -0.2) is 4.39 Å². The second-order valence-electron chi connectivity index (χ2n) is 4.28. The Morgan fingerprint density at radius 2 is 2.15 bits per heavy atom. The molecule has 20 heavy (non-hydrogen) atoms. The van der Waals surface area contributed by atoms with Crippen LogP contribution in [0.3, 0.4) is 0 Å². The van der Waals surface area contributed by atoms with Crippen molar-refractivity contribution >= 4 is 29.0 Å². The van der Waals surface area contributed by atoms with Gasteiger partial charge in [0.2, 0.25) is 0 Å². The summed E-state index contributed by atoms with van der Waals surface area (Å²) in [5.74, 6) is -0.484. The number of rotatable bonds is 7. The van der Waals surface area contributed by atoms with Gasteiger partial charge in [-0.3, -0.25) is 4.79 Å². The lowest BCUT2D eigenvalue weighted by Crippen LogP contribution is -2.29. The highest BCUT2D eigenvalue weighted by atomic mass is 32.1. The highest BCUT2D eigenvalue weighted by Crippen LogP contribution is 2.08. The zero-order valence-corrected chi connectivity index (χ0v) is 12.3. The molecule has 0 fully saturated rings. The van der Waals surface area contributed by atoms with Gasteiger partial charge in [0.1, 0.15) is 5.82 Å². The molecule has 0 saturated heterocycles. The number of carbonyl (C=O) groups excluding carboxylic acids is 1. The van der Waals surface area contributed by atoms with Crippen LogP contribution in [0.2, 0.25) is 0 Å². The highest BCUT2D eigenvalue weighted by Gasteiger charge is 2.00. The van der Waals surface area contributed by atoms with Gasteiger partial charge in [-0.05, 0) is 43.3 Å². The third-order valence-electron chi connectivity index (χ3n) is 2.65. The van der Waals surface area contributed by atoms with Crippen molar-refractivity contribution in [3.05, 3.63) is 30.1 Å². The van der Waals surface area contributed by atoms with Crippen LogP contribution in [0.1, 0.15) is 25.7 Å². The van der Waals surface area contributed by atoms with E-state index >= 15 is 0 Å². The van der Waals surface area contributed by atoms with E-state index in [2.05, 4.69) is 15.4 Å². The maximum absolute atomic E-state index is 13.0. The SMILES string of the molecule is COC(=O)CCCCCNC(=S)Nc1cccc(F)c1. The van der Waals surface area contributed by atoms with Crippen molar-refractivity contribution < 1.29 is 13.9 Å². The fraction of sp³-hybridized carbons (Fsp3) is 0.429. The first-order chi connectivity index (χ1) is 9.61. The minimum absolute atomic E-state index is 0.179. The number of halogens is 1. The first-order valence-electron chi connectivity index (χ1n) is 6.49. The fourth-order valence-electron chi connectivity index (χ4n) is 1.62. The molecule has 0 aliphatic heterocycles. The zero-order chi connectivity index (χ0) is 14.8. The number of thiocarbonyl (C=S) groups is 1. The van der Waals surface area contributed by atoms with Gasteiger partial charge in [0.15, 0.2) is 5.11 Å². The van der Waals surface area contributed by atoms with E-state index in [1.54, 1.807) is 12.1 Å². The molecule has 4 nitrogen and oxygen atoms in total. The molecule has 0 heterocycles. The minimum Gasteiger partial charge on any atom is -0.469 e. The molecular formula is C14H19FN2O2S. The van der Waals surface area contributed by atoms with Gasteiger partial charge in [0.25, 0.3) is 0 Å². The molecule has 6 heteroatoms. The van der Waals surface area contributed by atoms with Crippen LogP contribution in [-0.4, -0.2) is 24.7 Å². The molecule has 2 N–H and O–H groups in total. The predicted octanol–water partition coefficient (Wildman–Crippen LogP) is 2.85. The lowest BCUT2D eigenvalue weighted by molar-refractivity contribution is -0.140. The smallest absolute Gasteiger partial charge is 0.305 e. The van der Waals surface area contributed by atoms with Gasteiger partial charge in [0.05, 0.1) is 7.11 Å². The molecule has 1 aromatic rings. The Morgan fingerprint density at radius 1 is 1.35 bits per heavy atom. The Kier molecular flexibility index (Phi) is 7.57. The lowest BCUT2D eigenvalue weighted by atomic mass is 10.2. The first-order valence-corrected chi connectivity index (χ1v) is 6.90. The summed E-state index contributed by atoms with van der Waals surface area (Å²) in [6.45, 7) is 0.711. The molecule has 0 atom stereocenters. The van der Waals surface area contributed by atoms with Crippen LogP contribution in [0.15, 0.2) is 24.3 Å². The van der Waals surface area contributed by atoms with Crippen molar-refractivity contribution in [1.29, 1.82) is 0 Å². The quantitative estimate of drug-likeness (QED) is 0.460. The second kappa shape index (κ2) is 9.25. The Hall–Kier alpha value is -1.69. The molecule has 1 rings (SSSR count). The Balaban J connectivity index is 2.10. The fourth-order valence-corrected chi connectivity index (χ4v) is 1.84. The van der Waals surface area contributed by atoms with Crippen molar-refractivity contribution in [1.82, 2.24) is 5.32 Å². The molecule has 1 aromatic carbocycles. The number of esters is 1. The Bertz CT molecular complexity index is 455. The standard InChI is InChI=1S/C14H19FN2O2S/c1-19-13(18)8-3-2-4-9-16-14(20)17-12-7-5-6-11(15)10-12/h5-7,10H,2-4,8-9H2,1H3,(H2,16,17,20). The first kappa shape index (κ1) is 16.4. The summed E-state index contributed by atoms with van der Waals surface area (Å²) in [4.78, 5) is 10.9. The largest absolute Gasteiger partial charge is 0.469 e. The van der Waals surface area contributed by atoms with E-state index in [0.717, 1.165) is 19.3 Å². The van der Waals surface area contributed by atoms with Crippen molar-refractivity contribution in [3.63, 3.8) is 0 Å². The molecule has 0 spiro atoms. The van der Waals surface area contributed by atoms with Gasteiger partial charge >= 0.3 is 5.97 Å². The van der Waals surface area contributed by atoms with E-state index in [-0.39, 0.29) is 11.8 Å². The normalized spacial score (nSPS) is 9.90. The number of unbranched alkanes of at least 4 members (excludes halogenated alkanes) is 2. The summed E-state index contributed by atoms with van der Waals surface area (Å²) < 4.78 is 17.5. The summed E-state index contributed by atoms with van der Waals surface area (Å²) in [6, 6.07) is 6.12. The van der Waals surface area contributed by atoms with Crippen LogP contribution in [0.5, 0.6) is 0 Å². The maximum Gasteiger partial charge on any atom is 0.305 e. The average Bonchev–Trinajstić information content (AvgIpc) is 2.42. The van der Waals surface area contributed by atoms with Gasteiger partial charge in [-0.15, -0.1) is 0 Å². The van der Waals surface area contributed by atoms with Crippen LogP contribution in [-0.2, 0) is 9.53 Å². The van der Waals surface area contributed by atoms with Gasteiger partial charge < -0.3 is 15.4 Å². The Labute approximate surface area is 123 Å². The van der Waals surface area contributed by atoms with Gasteiger partial charge in [0, 0.05) is 18.7 Å². The molecule has 0 radical (unpaired) electrons. The number of methoxy groups -OCH3 is 1. The molecule has 0 aliphatic carbocycles. The highest BCUT2D eigenvalue weighted by molar-refractivity contribution is 7.80. The second-order valence-corrected chi connectivity index (χ2v) is 4.69. The van der Waals surface area contributed by atoms with E-state index < -0.39 is 0 Å². The van der Waals surface area contributed by atoms with Crippen LogP contribution >= 0.6 is 12.2 Å². The van der Waals surface area contributed by atoms with Crippen LogP contribution in [0.4, 0.5) is 10.1 Å². The van der Waals surface area contributed by atoms with E-state index in [1.165, 1.54) is 19.2 Å².